The Hall–Kier alpha value is -1.26. The molecule has 0 saturated heterocycles. The summed E-state index contributed by atoms with van der Waals surface area (Å²) in [6.45, 7) is 6.75. The summed E-state index contributed by atoms with van der Waals surface area (Å²) in [5.74, 6) is 0.410. The van der Waals surface area contributed by atoms with Crippen LogP contribution in [0.15, 0.2) is 0 Å². The first-order valence-corrected chi connectivity index (χ1v) is 7.67. The van der Waals surface area contributed by atoms with Crippen molar-refractivity contribution in [2.45, 2.75) is 58.9 Å². The van der Waals surface area contributed by atoms with E-state index in [4.69, 9.17) is 5.11 Å². The Balaban J connectivity index is 2.35. The third-order valence-corrected chi connectivity index (χ3v) is 4.12. The Morgan fingerprint density at radius 2 is 1.90 bits per heavy atom. The molecule has 1 fully saturated rings. The summed E-state index contributed by atoms with van der Waals surface area (Å²) < 4.78 is 0. The van der Waals surface area contributed by atoms with Gasteiger partial charge >= 0.3 is 12.0 Å². The van der Waals surface area contributed by atoms with Crippen LogP contribution >= 0.6 is 0 Å². The minimum atomic E-state index is -0.972. The van der Waals surface area contributed by atoms with Crippen LogP contribution in [0.3, 0.4) is 0 Å². The largest absolute Gasteiger partial charge is 0.480 e. The van der Waals surface area contributed by atoms with Crippen LogP contribution < -0.4 is 10.6 Å². The van der Waals surface area contributed by atoms with Crippen LogP contribution in [0.1, 0.15) is 52.9 Å². The predicted molar refractivity (Wildman–Crippen MR) is 78.5 cm³/mol. The molecule has 0 bridgehead atoms. The van der Waals surface area contributed by atoms with Gasteiger partial charge in [-0.3, -0.25) is 0 Å². The predicted octanol–water partition coefficient (Wildman–Crippen LogP) is 2.61. The fourth-order valence-electron chi connectivity index (χ4n) is 2.82. The average molecular weight is 284 g/mol. The van der Waals surface area contributed by atoms with E-state index in [0.717, 1.165) is 6.42 Å². The van der Waals surface area contributed by atoms with Gasteiger partial charge in [0, 0.05) is 6.54 Å². The first-order valence-electron chi connectivity index (χ1n) is 7.67. The molecule has 2 unspecified atom stereocenters. The molecule has 1 aliphatic rings. The zero-order valence-corrected chi connectivity index (χ0v) is 12.8. The fourth-order valence-corrected chi connectivity index (χ4v) is 2.82. The second-order valence-corrected chi connectivity index (χ2v) is 6.40. The summed E-state index contributed by atoms with van der Waals surface area (Å²) in [6.07, 6.45) is 5.32. The number of carbonyl (C=O) groups excluding carboxylic acids is 1. The molecule has 0 aromatic heterocycles. The molecule has 0 heterocycles. The quantitative estimate of drug-likeness (QED) is 0.701. The second-order valence-electron chi connectivity index (χ2n) is 6.40. The first kappa shape index (κ1) is 16.8. The van der Waals surface area contributed by atoms with Gasteiger partial charge in [-0.15, -0.1) is 0 Å². The van der Waals surface area contributed by atoms with Gasteiger partial charge in [-0.2, -0.15) is 0 Å². The highest BCUT2D eigenvalue weighted by Crippen LogP contribution is 2.28. The van der Waals surface area contributed by atoms with Gasteiger partial charge in [0.2, 0.25) is 0 Å². The average Bonchev–Trinajstić information content (AvgIpc) is 2.36. The normalized spacial score (nSPS) is 24.2. The molecule has 1 saturated carbocycles. The third kappa shape index (κ3) is 5.80. The maximum atomic E-state index is 11.8. The van der Waals surface area contributed by atoms with E-state index < -0.39 is 12.0 Å². The molecule has 0 aliphatic heterocycles. The molecule has 0 aromatic rings. The molecular formula is C15H28N2O3. The Morgan fingerprint density at radius 3 is 2.45 bits per heavy atom. The Morgan fingerprint density at radius 1 is 1.25 bits per heavy atom. The van der Waals surface area contributed by atoms with Crippen molar-refractivity contribution in [3.05, 3.63) is 0 Å². The number of urea groups is 1. The Labute approximate surface area is 121 Å². The molecule has 2 amide bonds. The number of rotatable bonds is 6. The van der Waals surface area contributed by atoms with Crippen molar-refractivity contribution in [3.8, 4) is 0 Å². The van der Waals surface area contributed by atoms with Gasteiger partial charge in [-0.25, -0.2) is 9.59 Å². The number of nitrogens with one attached hydrogen (secondary N) is 2. The van der Waals surface area contributed by atoms with E-state index in [1.807, 2.05) is 13.8 Å². The van der Waals surface area contributed by atoms with Gasteiger partial charge in [0.1, 0.15) is 6.04 Å². The van der Waals surface area contributed by atoms with Gasteiger partial charge in [0.25, 0.3) is 0 Å². The molecule has 0 aromatic carbocycles. The minimum absolute atomic E-state index is 0.231. The molecule has 20 heavy (non-hydrogen) atoms. The van der Waals surface area contributed by atoms with Crippen LogP contribution in [0, 0.1) is 17.8 Å². The topological polar surface area (TPSA) is 78.4 Å². The number of hydrogen-bond donors (Lipinski definition) is 3. The SMILES string of the molecule is CC(C)C[C@@H](NC(=O)NCC1CCCCC1C)C(=O)O. The number of carboxylic acids is 1. The summed E-state index contributed by atoms with van der Waals surface area (Å²) in [5.41, 5.74) is 0. The van der Waals surface area contributed by atoms with Crippen LogP contribution in [-0.2, 0) is 4.79 Å². The Kier molecular flexibility index (Phi) is 6.82. The minimum Gasteiger partial charge on any atom is -0.480 e. The highest BCUT2D eigenvalue weighted by molar-refractivity contribution is 5.82. The first-order chi connectivity index (χ1) is 9.40. The van der Waals surface area contributed by atoms with Crippen molar-refractivity contribution in [1.82, 2.24) is 10.6 Å². The molecule has 0 spiro atoms. The summed E-state index contributed by atoms with van der Waals surface area (Å²) >= 11 is 0. The van der Waals surface area contributed by atoms with Gasteiger partial charge in [0.05, 0.1) is 0 Å². The highest BCUT2D eigenvalue weighted by Gasteiger charge is 2.24. The lowest BCUT2D eigenvalue weighted by atomic mass is 9.80. The second kappa shape index (κ2) is 8.12. The van der Waals surface area contributed by atoms with Crippen LogP contribution in [0.5, 0.6) is 0 Å². The van der Waals surface area contributed by atoms with E-state index >= 15 is 0 Å². The standard InChI is InChI=1S/C15H28N2O3/c1-10(2)8-13(14(18)19)17-15(20)16-9-12-7-5-4-6-11(12)3/h10-13H,4-9H2,1-3H3,(H,18,19)(H2,16,17,20)/t11?,12?,13-/m1/s1. The van der Waals surface area contributed by atoms with E-state index in [1.54, 1.807) is 0 Å². The molecule has 5 heteroatoms. The van der Waals surface area contributed by atoms with Crippen LogP contribution in [0.4, 0.5) is 4.79 Å². The maximum absolute atomic E-state index is 11.8. The van der Waals surface area contributed by atoms with E-state index in [-0.39, 0.29) is 11.9 Å². The summed E-state index contributed by atoms with van der Waals surface area (Å²) in [6, 6.07) is -1.17. The molecule has 0 radical (unpaired) electrons. The van der Waals surface area contributed by atoms with Crippen LogP contribution in [0.2, 0.25) is 0 Å². The monoisotopic (exact) mass is 284 g/mol. The van der Waals surface area contributed by atoms with Crippen molar-refractivity contribution in [2.75, 3.05) is 6.54 Å². The number of aliphatic carboxylic acids is 1. The Bertz CT molecular complexity index is 331. The lowest BCUT2D eigenvalue weighted by molar-refractivity contribution is -0.139. The summed E-state index contributed by atoms with van der Waals surface area (Å²) in [7, 11) is 0. The van der Waals surface area contributed by atoms with E-state index in [1.165, 1.54) is 19.3 Å². The zero-order valence-electron chi connectivity index (χ0n) is 12.8. The van der Waals surface area contributed by atoms with Crippen LogP contribution in [-0.4, -0.2) is 29.7 Å². The number of amides is 2. The molecule has 3 atom stereocenters. The molecule has 5 nitrogen and oxygen atoms in total. The highest BCUT2D eigenvalue weighted by atomic mass is 16.4. The maximum Gasteiger partial charge on any atom is 0.326 e. The lowest BCUT2D eigenvalue weighted by Crippen LogP contribution is -2.48. The van der Waals surface area contributed by atoms with Crippen molar-refractivity contribution in [2.24, 2.45) is 17.8 Å². The van der Waals surface area contributed by atoms with E-state index in [2.05, 4.69) is 17.6 Å². The van der Waals surface area contributed by atoms with Crippen molar-refractivity contribution in [1.29, 1.82) is 0 Å². The van der Waals surface area contributed by atoms with Gasteiger partial charge in [-0.1, -0.05) is 40.0 Å². The summed E-state index contributed by atoms with van der Waals surface area (Å²) in [5, 5.41) is 14.5. The molecule has 1 aliphatic carbocycles. The zero-order chi connectivity index (χ0) is 15.1. The lowest BCUT2D eigenvalue weighted by Gasteiger charge is -2.29. The molecular weight excluding hydrogens is 256 g/mol. The number of carboxylic acid groups (broad SMARTS) is 1. The third-order valence-electron chi connectivity index (χ3n) is 4.12. The smallest absolute Gasteiger partial charge is 0.326 e. The fraction of sp³-hybridized carbons (Fsp3) is 0.867. The van der Waals surface area contributed by atoms with Crippen molar-refractivity contribution in [3.63, 3.8) is 0 Å². The van der Waals surface area contributed by atoms with Crippen molar-refractivity contribution >= 4 is 12.0 Å². The van der Waals surface area contributed by atoms with Gasteiger partial charge in [0.15, 0.2) is 0 Å². The number of hydrogen-bond acceptors (Lipinski definition) is 2. The van der Waals surface area contributed by atoms with Gasteiger partial charge in [-0.05, 0) is 30.6 Å². The molecule has 116 valence electrons. The van der Waals surface area contributed by atoms with E-state index in [9.17, 15) is 9.59 Å². The number of carbonyl (C=O) groups is 2. The van der Waals surface area contributed by atoms with Crippen LogP contribution in [0.25, 0.3) is 0 Å². The summed E-state index contributed by atoms with van der Waals surface area (Å²) in [4.78, 5) is 22.9. The molecule has 1 rings (SSSR count). The van der Waals surface area contributed by atoms with E-state index in [0.29, 0.717) is 24.8 Å². The molecule has 3 N–H and O–H groups in total. The van der Waals surface area contributed by atoms with Gasteiger partial charge < -0.3 is 15.7 Å². The van der Waals surface area contributed by atoms with Crippen molar-refractivity contribution < 1.29 is 14.7 Å².